The van der Waals surface area contributed by atoms with E-state index in [0.717, 1.165) is 18.4 Å². The Labute approximate surface area is 115 Å². The Morgan fingerprint density at radius 3 is 2.56 bits per heavy atom. The Bertz CT molecular complexity index is 353. The molecule has 2 rings (SSSR count). The van der Waals surface area contributed by atoms with Crippen molar-refractivity contribution < 1.29 is 0 Å². The Morgan fingerprint density at radius 2 is 2.06 bits per heavy atom. The van der Waals surface area contributed by atoms with Gasteiger partial charge in [-0.2, -0.15) is 0 Å². The van der Waals surface area contributed by atoms with Crippen molar-refractivity contribution in [3.05, 3.63) is 16.1 Å². The van der Waals surface area contributed by atoms with Crippen molar-refractivity contribution in [3.63, 3.8) is 0 Å². The summed E-state index contributed by atoms with van der Waals surface area (Å²) in [5, 5.41) is 4.88. The maximum absolute atomic E-state index is 4.42. The van der Waals surface area contributed by atoms with Crippen molar-refractivity contribution in [2.75, 3.05) is 6.54 Å². The van der Waals surface area contributed by atoms with E-state index in [2.05, 4.69) is 37.3 Å². The first-order chi connectivity index (χ1) is 8.74. The molecule has 1 aliphatic carbocycles. The van der Waals surface area contributed by atoms with Gasteiger partial charge in [0.05, 0.1) is 5.01 Å². The lowest BCUT2D eigenvalue weighted by atomic mass is 9.77. The van der Waals surface area contributed by atoms with Gasteiger partial charge in [-0.15, -0.1) is 11.3 Å². The minimum Gasteiger partial charge on any atom is -0.309 e. The second-order valence-corrected chi connectivity index (χ2v) is 6.77. The predicted molar refractivity (Wildman–Crippen MR) is 79.0 cm³/mol. The first-order valence-electron chi connectivity index (χ1n) is 7.40. The van der Waals surface area contributed by atoms with Gasteiger partial charge in [0, 0.05) is 17.1 Å². The SMILES string of the molecule is CCNC(c1cnc(C)s1)C1CCC(CC)CC1. The number of hydrogen-bond acceptors (Lipinski definition) is 3. The molecule has 1 aromatic heterocycles. The molecule has 2 nitrogen and oxygen atoms in total. The van der Waals surface area contributed by atoms with Crippen LogP contribution >= 0.6 is 11.3 Å². The van der Waals surface area contributed by atoms with Gasteiger partial charge in [0.25, 0.3) is 0 Å². The molecule has 0 amide bonds. The van der Waals surface area contributed by atoms with Gasteiger partial charge in [-0.05, 0) is 38.1 Å². The second-order valence-electron chi connectivity index (χ2n) is 5.51. The number of nitrogens with one attached hydrogen (secondary N) is 1. The molecule has 3 heteroatoms. The summed E-state index contributed by atoms with van der Waals surface area (Å²) in [6.07, 6.45) is 9.04. The summed E-state index contributed by atoms with van der Waals surface area (Å²) < 4.78 is 0. The van der Waals surface area contributed by atoms with Crippen LogP contribution in [-0.2, 0) is 0 Å². The van der Waals surface area contributed by atoms with Crippen molar-refractivity contribution in [2.24, 2.45) is 11.8 Å². The summed E-state index contributed by atoms with van der Waals surface area (Å²) in [6, 6.07) is 0.541. The number of thiazole rings is 1. The summed E-state index contributed by atoms with van der Waals surface area (Å²) >= 11 is 1.86. The number of nitrogens with zero attached hydrogens (tertiary/aromatic N) is 1. The number of aromatic nitrogens is 1. The largest absolute Gasteiger partial charge is 0.309 e. The van der Waals surface area contributed by atoms with Gasteiger partial charge < -0.3 is 5.32 Å². The molecule has 1 atom stereocenters. The topological polar surface area (TPSA) is 24.9 Å². The molecule has 1 aliphatic rings. The van der Waals surface area contributed by atoms with Crippen LogP contribution in [0.15, 0.2) is 6.20 Å². The highest BCUT2D eigenvalue weighted by Gasteiger charge is 2.28. The lowest BCUT2D eigenvalue weighted by Crippen LogP contribution is -2.30. The summed E-state index contributed by atoms with van der Waals surface area (Å²) in [5.74, 6) is 1.79. The van der Waals surface area contributed by atoms with Gasteiger partial charge in [-0.3, -0.25) is 0 Å². The molecular formula is C15H26N2S. The summed E-state index contributed by atoms with van der Waals surface area (Å²) in [7, 11) is 0. The predicted octanol–water partition coefficient (Wildman–Crippen LogP) is 4.32. The molecule has 0 aromatic carbocycles. The van der Waals surface area contributed by atoms with Crippen molar-refractivity contribution in [2.45, 2.75) is 58.9 Å². The normalized spacial score (nSPS) is 26.2. The first kappa shape index (κ1) is 14.0. The van der Waals surface area contributed by atoms with E-state index < -0.39 is 0 Å². The van der Waals surface area contributed by atoms with E-state index in [1.54, 1.807) is 0 Å². The van der Waals surface area contributed by atoms with Gasteiger partial charge in [-0.25, -0.2) is 4.98 Å². The second kappa shape index (κ2) is 6.67. The van der Waals surface area contributed by atoms with E-state index in [1.165, 1.54) is 42.0 Å². The lowest BCUT2D eigenvalue weighted by Gasteiger charge is -2.33. The van der Waals surface area contributed by atoms with E-state index >= 15 is 0 Å². The molecule has 18 heavy (non-hydrogen) atoms. The van der Waals surface area contributed by atoms with Crippen LogP contribution in [0.2, 0.25) is 0 Å². The maximum Gasteiger partial charge on any atom is 0.0897 e. The first-order valence-corrected chi connectivity index (χ1v) is 8.21. The highest BCUT2D eigenvalue weighted by molar-refractivity contribution is 7.11. The Kier molecular flexibility index (Phi) is 5.19. The molecule has 102 valence electrons. The van der Waals surface area contributed by atoms with E-state index in [0.29, 0.717) is 6.04 Å². The quantitative estimate of drug-likeness (QED) is 0.858. The summed E-state index contributed by atoms with van der Waals surface area (Å²) in [4.78, 5) is 5.86. The lowest BCUT2D eigenvalue weighted by molar-refractivity contribution is 0.222. The van der Waals surface area contributed by atoms with Gasteiger partial charge >= 0.3 is 0 Å². The van der Waals surface area contributed by atoms with Crippen molar-refractivity contribution >= 4 is 11.3 Å². The van der Waals surface area contributed by atoms with Gasteiger partial charge in [0.1, 0.15) is 0 Å². The Balaban J connectivity index is 2.02. The highest BCUT2D eigenvalue weighted by atomic mass is 32.1. The van der Waals surface area contributed by atoms with E-state index in [-0.39, 0.29) is 0 Å². The molecule has 1 unspecified atom stereocenters. The zero-order chi connectivity index (χ0) is 13.0. The fraction of sp³-hybridized carbons (Fsp3) is 0.800. The van der Waals surface area contributed by atoms with Crippen molar-refractivity contribution in [3.8, 4) is 0 Å². The third-order valence-corrected chi connectivity index (χ3v) is 5.31. The van der Waals surface area contributed by atoms with Crippen LogP contribution in [0.25, 0.3) is 0 Å². The molecule has 0 bridgehead atoms. The van der Waals surface area contributed by atoms with Gasteiger partial charge in [0.2, 0.25) is 0 Å². The molecule has 1 heterocycles. The van der Waals surface area contributed by atoms with Crippen molar-refractivity contribution in [1.29, 1.82) is 0 Å². The molecule has 1 fully saturated rings. The average molecular weight is 266 g/mol. The van der Waals surface area contributed by atoms with Crippen LogP contribution in [0, 0.1) is 18.8 Å². The van der Waals surface area contributed by atoms with Gasteiger partial charge in [0.15, 0.2) is 0 Å². The van der Waals surface area contributed by atoms with Crippen LogP contribution in [0.5, 0.6) is 0 Å². The minimum absolute atomic E-state index is 0.541. The van der Waals surface area contributed by atoms with E-state index in [9.17, 15) is 0 Å². The third kappa shape index (κ3) is 3.33. The maximum atomic E-state index is 4.42. The monoisotopic (exact) mass is 266 g/mol. The zero-order valence-corrected chi connectivity index (χ0v) is 12.7. The van der Waals surface area contributed by atoms with E-state index in [4.69, 9.17) is 0 Å². The van der Waals surface area contributed by atoms with Gasteiger partial charge in [-0.1, -0.05) is 33.1 Å². The smallest absolute Gasteiger partial charge is 0.0897 e. The molecule has 0 radical (unpaired) electrons. The van der Waals surface area contributed by atoms with Crippen molar-refractivity contribution in [1.82, 2.24) is 10.3 Å². The molecule has 1 aromatic rings. The summed E-state index contributed by atoms with van der Waals surface area (Å²) in [5.41, 5.74) is 0. The minimum atomic E-state index is 0.541. The zero-order valence-electron chi connectivity index (χ0n) is 11.9. The molecule has 0 saturated heterocycles. The number of aryl methyl sites for hydroxylation is 1. The Morgan fingerprint density at radius 1 is 1.33 bits per heavy atom. The van der Waals surface area contributed by atoms with Crippen LogP contribution in [0.3, 0.4) is 0 Å². The fourth-order valence-corrected chi connectivity index (χ4v) is 4.13. The Hall–Kier alpha value is -0.410. The van der Waals surface area contributed by atoms with Crippen LogP contribution in [0.4, 0.5) is 0 Å². The average Bonchev–Trinajstić information content (AvgIpc) is 2.82. The standard InChI is InChI=1S/C15H26N2S/c1-4-12-6-8-13(9-7-12)15(16-5-2)14-10-17-11(3)18-14/h10,12-13,15-16H,4-9H2,1-3H3. The molecule has 0 spiro atoms. The summed E-state index contributed by atoms with van der Waals surface area (Å²) in [6.45, 7) is 7.69. The van der Waals surface area contributed by atoms with E-state index in [1.807, 2.05) is 11.3 Å². The molecule has 0 aliphatic heterocycles. The number of hydrogen-bond donors (Lipinski definition) is 1. The molecular weight excluding hydrogens is 240 g/mol. The fourth-order valence-electron chi connectivity index (χ4n) is 3.17. The number of rotatable bonds is 5. The molecule has 1 N–H and O–H groups in total. The third-order valence-electron chi connectivity index (χ3n) is 4.31. The highest BCUT2D eigenvalue weighted by Crippen LogP contribution is 2.39. The van der Waals surface area contributed by atoms with Crippen LogP contribution in [-0.4, -0.2) is 11.5 Å². The van der Waals surface area contributed by atoms with Crippen LogP contribution in [0.1, 0.15) is 61.9 Å². The van der Waals surface area contributed by atoms with Crippen LogP contribution < -0.4 is 5.32 Å². The molecule has 1 saturated carbocycles.